The number of carbonyl (C=O) groups excluding carboxylic acids is 2. The fraction of sp³-hybridized carbons (Fsp3) is 0.750. The summed E-state index contributed by atoms with van der Waals surface area (Å²) in [5, 5.41) is 11.4. The predicted octanol–water partition coefficient (Wildman–Crippen LogP) is 3.30. The fourth-order valence-electron chi connectivity index (χ4n) is 7.92. The first-order chi connectivity index (χ1) is 14.8. The molecule has 5 nitrogen and oxygen atoms in total. The Bertz CT molecular complexity index is 964. The lowest BCUT2D eigenvalue weighted by atomic mass is 9.44. The number of rotatable bonds is 2. The van der Waals surface area contributed by atoms with E-state index in [1.165, 1.54) is 18.2 Å². The molecule has 1 heterocycles. The molecule has 5 rings (SSSR count). The van der Waals surface area contributed by atoms with Gasteiger partial charge in [0.05, 0.1) is 18.0 Å². The number of ketones is 2. The maximum absolute atomic E-state index is 17.2. The van der Waals surface area contributed by atoms with Crippen LogP contribution in [0.15, 0.2) is 23.8 Å². The second-order valence-corrected chi connectivity index (χ2v) is 11.3. The smallest absolute Gasteiger partial charge is 0.178 e. The fourth-order valence-corrected chi connectivity index (χ4v) is 8.15. The van der Waals surface area contributed by atoms with Gasteiger partial charge in [-0.1, -0.05) is 13.0 Å². The van der Waals surface area contributed by atoms with Crippen LogP contribution in [0.5, 0.6) is 0 Å². The molecule has 0 bridgehead atoms. The van der Waals surface area contributed by atoms with E-state index in [9.17, 15) is 14.7 Å². The van der Waals surface area contributed by atoms with Gasteiger partial charge in [0.1, 0.15) is 6.17 Å². The first-order valence-electron chi connectivity index (χ1n) is 11.3. The third-order valence-electron chi connectivity index (χ3n) is 9.18. The van der Waals surface area contributed by atoms with Crippen molar-refractivity contribution in [2.45, 2.75) is 82.4 Å². The monoisotopic (exact) mass is 468 g/mol. The van der Waals surface area contributed by atoms with Crippen LogP contribution < -0.4 is 0 Å². The topological polar surface area (TPSA) is 72.8 Å². The van der Waals surface area contributed by atoms with Crippen LogP contribution in [0, 0.1) is 22.7 Å². The number of hydrogen-bond acceptors (Lipinski definition) is 6. The molecular formula is C24H30F2O5S. The first-order valence-corrected chi connectivity index (χ1v) is 11.9. The van der Waals surface area contributed by atoms with Gasteiger partial charge in [0.25, 0.3) is 0 Å². The SMILES string of the molecule is CC1(C)O[C@@H]2C[C@H]3[C@@H]4C[C@H](F)C5=CC(=O)C=C[C@]5(C)[C@@]4(F)[C@@H](O)C[C@]3(C)[C@]2(C(=O)CS)O1. The zero-order chi connectivity index (χ0) is 23.5. The molecule has 0 radical (unpaired) electrons. The van der Waals surface area contributed by atoms with Gasteiger partial charge >= 0.3 is 0 Å². The van der Waals surface area contributed by atoms with Crippen molar-refractivity contribution < 1.29 is 33.0 Å². The summed E-state index contributed by atoms with van der Waals surface area (Å²) in [7, 11) is 0. The molecule has 0 spiro atoms. The number of Topliss-reactive ketones (excluding diaryl/α,β-unsaturated/α-hetero) is 1. The number of aliphatic hydroxyl groups is 1. The molecule has 8 heteroatoms. The molecule has 0 aromatic carbocycles. The predicted molar refractivity (Wildman–Crippen MR) is 116 cm³/mol. The molecule has 4 fully saturated rings. The third-order valence-corrected chi connectivity index (χ3v) is 9.47. The Morgan fingerprint density at radius 1 is 1.25 bits per heavy atom. The van der Waals surface area contributed by atoms with E-state index in [-0.39, 0.29) is 35.7 Å². The number of carbonyl (C=O) groups is 2. The van der Waals surface area contributed by atoms with Crippen molar-refractivity contribution in [3.63, 3.8) is 0 Å². The molecule has 1 N–H and O–H groups in total. The summed E-state index contributed by atoms with van der Waals surface area (Å²) in [6.45, 7) is 6.87. The van der Waals surface area contributed by atoms with Crippen LogP contribution >= 0.6 is 12.6 Å². The number of allylic oxidation sites excluding steroid dienone is 4. The molecule has 0 unspecified atom stereocenters. The van der Waals surface area contributed by atoms with Crippen molar-refractivity contribution >= 4 is 24.2 Å². The second kappa shape index (κ2) is 6.52. The summed E-state index contributed by atoms with van der Waals surface area (Å²) in [4.78, 5) is 25.3. The highest BCUT2D eigenvalue weighted by atomic mass is 32.1. The van der Waals surface area contributed by atoms with Gasteiger partial charge in [-0.05, 0) is 63.7 Å². The largest absolute Gasteiger partial charge is 0.390 e. The van der Waals surface area contributed by atoms with Crippen LogP contribution in [-0.2, 0) is 19.1 Å². The van der Waals surface area contributed by atoms with Crippen molar-refractivity contribution in [3.05, 3.63) is 23.8 Å². The Hall–Kier alpha value is -1.09. The quantitative estimate of drug-likeness (QED) is 0.609. The van der Waals surface area contributed by atoms with Gasteiger partial charge in [-0.25, -0.2) is 8.78 Å². The minimum Gasteiger partial charge on any atom is -0.390 e. The van der Waals surface area contributed by atoms with Gasteiger partial charge in [0, 0.05) is 16.7 Å². The minimum absolute atomic E-state index is 0.0399. The minimum atomic E-state index is -2.19. The molecular weight excluding hydrogens is 438 g/mol. The van der Waals surface area contributed by atoms with Gasteiger partial charge in [0.15, 0.2) is 28.6 Å². The van der Waals surface area contributed by atoms with E-state index in [1.807, 2.05) is 6.92 Å². The van der Waals surface area contributed by atoms with E-state index in [0.717, 1.165) is 0 Å². The molecule has 0 aromatic heterocycles. The summed E-state index contributed by atoms with van der Waals surface area (Å²) in [5.41, 5.74) is -5.91. The summed E-state index contributed by atoms with van der Waals surface area (Å²) in [6, 6.07) is 0. The first kappa shape index (κ1) is 22.7. The average molecular weight is 469 g/mol. The third kappa shape index (κ3) is 2.40. The highest BCUT2D eigenvalue weighted by molar-refractivity contribution is 7.81. The van der Waals surface area contributed by atoms with Gasteiger partial charge in [-0.2, -0.15) is 12.6 Å². The molecule has 1 saturated heterocycles. The van der Waals surface area contributed by atoms with Crippen LogP contribution in [0.4, 0.5) is 8.78 Å². The second-order valence-electron chi connectivity index (χ2n) is 11.0. The van der Waals surface area contributed by atoms with Crippen molar-refractivity contribution in [2.24, 2.45) is 22.7 Å². The maximum atomic E-state index is 17.2. The van der Waals surface area contributed by atoms with Crippen LogP contribution in [0.2, 0.25) is 0 Å². The van der Waals surface area contributed by atoms with E-state index in [2.05, 4.69) is 12.6 Å². The van der Waals surface area contributed by atoms with Gasteiger partial charge < -0.3 is 14.6 Å². The van der Waals surface area contributed by atoms with Crippen LogP contribution in [0.1, 0.15) is 47.0 Å². The molecule has 0 aromatic rings. The number of alkyl halides is 2. The van der Waals surface area contributed by atoms with Crippen molar-refractivity contribution in [3.8, 4) is 0 Å². The summed E-state index contributed by atoms with van der Waals surface area (Å²) >= 11 is 4.22. The van der Waals surface area contributed by atoms with Crippen LogP contribution in [0.25, 0.3) is 0 Å². The molecule has 176 valence electrons. The maximum Gasteiger partial charge on any atom is 0.178 e. The van der Waals surface area contributed by atoms with E-state index in [0.29, 0.717) is 6.42 Å². The standard InChI is InChI=1S/C24H30F2O5S/c1-20(2)30-19-9-13-14-8-16(25)15-7-12(27)5-6-21(15,3)23(14,26)17(28)10-22(13,4)24(19,31-20)18(29)11-32/h5-7,13-14,16-17,19,28,32H,8-11H2,1-4H3/t13-,14-,16-,17-,19+,21-,22-,23-,24+/m0/s1. The summed E-state index contributed by atoms with van der Waals surface area (Å²) < 4.78 is 45.1. The lowest BCUT2D eigenvalue weighted by Crippen LogP contribution is -2.71. The molecule has 5 aliphatic rings. The zero-order valence-corrected chi connectivity index (χ0v) is 19.6. The number of fused-ring (bicyclic) bond motifs is 7. The molecule has 0 amide bonds. The van der Waals surface area contributed by atoms with E-state index < -0.39 is 58.1 Å². The van der Waals surface area contributed by atoms with Crippen molar-refractivity contribution in [1.29, 1.82) is 0 Å². The molecule has 3 saturated carbocycles. The van der Waals surface area contributed by atoms with Gasteiger partial charge in [-0.15, -0.1) is 0 Å². The van der Waals surface area contributed by atoms with E-state index in [4.69, 9.17) is 9.47 Å². The van der Waals surface area contributed by atoms with Crippen LogP contribution in [0.3, 0.4) is 0 Å². The molecule has 9 atom stereocenters. The highest BCUT2D eigenvalue weighted by Gasteiger charge is 2.80. The number of ether oxygens (including phenoxy) is 2. The number of halogens is 2. The Labute approximate surface area is 192 Å². The van der Waals surface area contributed by atoms with Crippen molar-refractivity contribution in [2.75, 3.05) is 5.75 Å². The van der Waals surface area contributed by atoms with E-state index in [1.54, 1.807) is 20.8 Å². The Balaban J connectivity index is 1.66. The Morgan fingerprint density at radius 3 is 2.59 bits per heavy atom. The molecule has 32 heavy (non-hydrogen) atoms. The van der Waals surface area contributed by atoms with Crippen LogP contribution in [-0.4, -0.2) is 57.9 Å². The normalized spacial score (nSPS) is 53.2. The summed E-state index contributed by atoms with van der Waals surface area (Å²) in [6.07, 6.45) is 0.322. The number of hydrogen-bond donors (Lipinski definition) is 2. The van der Waals surface area contributed by atoms with Crippen molar-refractivity contribution in [1.82, 2.24) is 0 Å². The van der Waals surface area contributed by atoms with E-state index >= 15 is 8.78 Å². The molecule has 4 aliphatic carbocycles. The number of aliphatic hydroxyl groups excluding tert-OH is 1. The highest BCUT2D eigenvalue weighted by Crippen LogP contribution is 2.72. The Kier molecular flexibility index (Phi) is 4.62. The Morgan fingerprint density at radius 2 is 1.94 bits per heavy atom. The average Bonchev–Trinajstić information content (AvgIpc) is 3.11. The number of thiol groups is 1. The van der Waals surface area contributed by atoms with Gasteiger partial charge in [-0.3, -0.25) is 9.59 Å². The lowest BCUT2D eigenvalue weighted by Gasteiger charge is -2.63. The van der Waals surface area contributed by atoms with Gasteiger partial charge in [0.2, 0.25) is 0 Å². The lowest BCUT2D eigenvalue weighted by molar-refractivity contribution is -0.247. The summed E-state index contributed by atoms with van der Waals surface area (Å²) in [5.74, 6) is -3.07. The zero-order valence-electron chi connectivity index (χ0n) is 18.7. The molecule has 1 aliphatic heterocycles.